The van der Waals surface area contributed by atoms with E-state index >= 15 is 0 Å². The number of carbonyl (C=O) groups excluding carboxylic acids is 1. The molecule has 0 atom stereocenters. The molecule has 0 aliphatic heterocycles. The molecule has 2 rings (SSSR count). The van der Waals surface area contributed by atoms with Gasteiger partial charge in [-0.05, 0) is 25.8 Å². The van der Waals surface area contributed by atoms with Crippen molar-refractivity contribution in [2.24, 2.45) is 0 Å². The fourth-order valence-electron chi connectivity index (χ4n) is 1.72. The van der Waals surface area contributed by atoms with Crippen LogP contribution in [0.3, 0.4) is 0 Å². The van der Waals surface area contributed by atoms with Crippen LogP contribution in [0.5, 0.6) is 0 Å². The van der Waals surface area contributed by atoms with Crippen LogP contribution >= 0.6 is 0 Å². The monoisotopic (exact) mass is 237 g/mol. The van der Waals surface area contributed by atoms with Crippen molar-refractivity contribution >= 4 is 11.7 Å². The standard InChI is InChI=1S/C12H16FN3O/c1-3-14-11-10(13)9(6-7-15-11)12(17)16(2)8-4-5-8/h6-8H,3-5H2,1-2H3,(H,14,15). The lowest BCUT2D eigenvalue weighted by Gasteiger charge is -2.17. The highest BCUT2D eigenvalue weighted by Gasteiger charge is 2.31. The van der Waals surface area contributed by atoms with Gasteiger partial charge in [0.2, 0.25) is 0 Å². The van der Waals surface area contributed by atoms with E-state index in [1.54, 1.807) is 11.9 Å². The van der Waals surface area contributed by atoms with E-state index in [-0.39, 0.29) is 23.3 Å². The molecule has 17 heavy (non-hydrogen) atoms. The molecular weight excluding hydrogens is 221 g/mol. The van der Waals surface area contributed by atoms with Gasteiger partial charge in [0.25, 0.3) is 5.91 Å². The zero-order valence-corrected chi connectivity index (χ0v) is 10.0. The van der Waals surface area contributed by atoms with E-state index in [2.05, 4.69) is 10.3 Å². The molecule has 1 heterocycles. The van der Waals surface area contributed by atoms with Crippen molar-refractivity contribution < 1.29 is 9.18 Å². The lowest BCUT2D eigenvalue weighted by atomic mass is 10.2. The maximum absolute atomic E-state index is 14.0. The zero-order valence-electron chi connectivity index (χ0n) is 10.0. The highest BCUT2D eigenvalue weighted by Crippen LogP contribution is 2.27. The van der Waals surface area contributed by atoms with E-state index in [1.165, 1.54) is 12.3 Å². The van der Waals surface area contributed by atoms with Crippen molar-refractivity contribution in [3.8, 4) is 0 Å². The van der Waals surface area contributed by atoms with E-state index in [1.807, 2.05) is 6.92 Å². The molecule has 4 nitrogen and oxygen atoms in total. The SMILES string of the molecule is CCNc1nccc(C(=O)N(C)C2CC2)c1F. The number of pyridine rings is 1. The van der Waals surface area contributed by atoms with Gasteiger partial charge in [0.15, 0.2) is 11.6 Å². The topological polar surface area (TPSA) is 45.2 Å². The number of halogens is 1. The van der Waals surface area contributed by atoms with Crippen molar-refractivity contribution in [2.45, 2.75) is 25.8 Å². The van der Waals surface area contributed by atoms with Gasteiger partial charge in [-0.25, -0.2) is 9.37 Å². The van der Waals surface area contributed by atoms with Gasteiger partial charge in [-0.15, -0.1) is 0 Å². The zero-order chi connectivity index (χ0) is 12.4. The minimum absolute atomic E-state index is 0.0883. The molecule has 1 saturated carbocycles. The Morgan fingerprint density at radius 3 is 2.94 bits per heavy atom. The van der Waals surface area contributed by atoms with Gasteiger partial charge in [0.05, 0.1) is 5.56 Å². The summed E-state index contributed by atoms with van der Waals surface area (Å²) in [6.07, 6.45) is 3.47. The van der Waals surface area contributed by atoms with Crippen LogP contribution < -0.4 is 5.32 Å². The van der Waals surface area contributed by atoms with Crippen LogP contribution in [-0.4, -0.2) is 35.4 Å². The first kappa shape index (κ1) is 11.8. The minimum atomic E-state index is -0.563. The number of aromatic nitrogens is 1. The molecule has 0 radical (unpaired) electrons. The van der Waals surface area contributed by atoms with Gasteiger partial charge in [-0.3, -0.25) is 4.79 Å². The summed E-state index contributed by atoms with van der Waals surface area (Å²) in [4.78, 5) is 17.5. The van der Waals surface area contributed by atoms with E-state index in [0.717, 1.165) is 12.8 Å². The summed E-state index contributed by atoms with van der Waals surface area (Å²) in [7, 11) is 1.72. The van der Waals surface area contributed by atoms with Crippen molar-refractivity contribution in [2.75, 3.05) is 18.9 Å². The minimum Gasteiger partial charge on any atom is -0.368 e. The number of carbonyl (C=O) groups is 1. The molecule has 1 aliphatic rings. The average molecular weight is 237 g/mol. The van der Waals surface area contributed by atoms with Crippen LogP contribution in [0.25, 0.3) is 0 Å². The van der Waals surface area contributed by atoms with Crippen LogP contribution in [-0.2, 0) is 0 Å². The van der Waals surface area contributed by atoms with Crippen LogP contribution in [0.4, 0.5) is 10.2 Å². The smallest absolute Gasteiger partial charge is 0.257 e. The first-order valence-corrected chi connectivity index (χ1v) is 5.80. The summed E-state index contributed by atoms with van der Waals surface area (Å²) >= 11 is 0. The Labute approximate surface area is 99.8 Å². The van der Waals surface area contributed by atoms with E-state index in [0.29, 0.717) is 6.54 Å². The molecule has 0 aromatic carbocycles. The van der Waals surface area contributed by atoms with E-state index < -0.39 is 5.82 Å². The van der Waals surface area contributed by atoms with Crippen LogP contribution in [0, 0.1) is 5.82 Å². The van der Waals surface area contributed by atoms with Crippen molar-refractivity contribution in [3.63, 3.8) is 0 Å². The summed E-state index contributed by atoms with van der Waals surface area (Å²) in [6.45, 7) is 2.42. The highest BCUT2D eigenvalue weighted by atomic mass is 19.1. The fourth-order valence-corrected chi connectivity index (χ4v) is 1.72. The highest BCUT2D eigenvalue weighted by molar-refractivity contribution is 5.95. The van der Waals surface area contributed by atoms with Crippen LogP contribution in [0.1, 0.15) is 30.1 Å². The Bertz CT molecular complexity index is 432. The molecular formula is C12H16FN3O. The Morgan fingerprint density at radius 2 is 2.35 bits per heavy atom. The summed E-state index contributed by atoms with van der Waals surface area (Å²) in [6, 6.07) is 1.70. The third-order valence-corrected chi connectivity index (χ3v) is 2.88. The van der Waals surface area contributed by atoms with Gasteiger partial charge < -0.3 is 10.2 Å². The van der Waals surface area contributed by atoms with Crippen molar-refractivity contribution in [1.29, 1.82) is 0 Å². The second-order valence-corrected chi connectivity index (χ2v) is 4.20. The molecule has 1 N–H and O–H groups in total. The second kappa shape index (κ2) is 4.69. The quantitative estimate of drug-likeness (QED) is 0.869. The predicted molar refractivity (Wildman–Crippen MR) is 63.5 cm³/mol. The van der Waals surface area contributed by atoms with Gasteiger partial charge >= 0.3 is 0 Å². The number of hydrogen-bond acceptors (Lipinski definition) is 3. The number of amides is 1. The number of nitrogens with one attached hydrogen (secondary N) is 1. The van der Waals surface area contributed by atoms with E-state index in [9.17, 15) is 9.18 Å². The maximum Gasteiger partial charge on any atom is 0.257 e. The molecule has 0 bridgehead atoms. The average Bonchev–Trinajstić information content (AvgIpc) is 3.14. The van der Waals surface area contributed by atoms with Gasteiger partial charge in [-0.1, -0.05) is 0 Å². The molecule has 0 unspecified atom stereocenters. The Balaban J connectivity index is 2.24. The van der Waals surface area contributed by atoms with Gasteiger partial charge in [-0.2, -0.15) is 0 Å². The molecule has 1 aliphatic carbocycles. The third-order valence-electron chi connectivity index (χ3n) is 2.88. The van der Waals surface area contributed by atoms with Gasteiger partial charge in [0.1, 0.15) is 0 Å². The number of anilines is 1. The third kappa shape index (κ3) is 2.38. The Morgan fingerprint density at radius 1 is 1.65 bits per heavy atom. The molecule has 1 aromatic heterocycles. The predicted octanol–water partition coefficient (Wildman–Crippen LogP) is 1.89. The molecule has 1 aromatic rings. The number of rotatable bonds is 4. The maximum atomic E-state index is 14.0. The van der Waals surface area contributed by atoms with Crippen molar-refractivity contribution in [1.82, 2.24) is 9.88 Å². The summed E-state index contributed by atoms with van der Waals surface area (Å²) < 4.78 is 14.0. The van der Waals surface area contributed by atoms with E-state index in [4.69, 9.17) is 0 Å². The summed E-state index contributed by atoms with van der Waals surface area (Å²) in [5.74, 6) is -0.694. The molecule has 5 heteroatoms. The van der Waals surface area contributed by atoms with Gasteiger partial charge in [0, 0.05) is 25.8 Å². The lowest BCUT2D eigenvalue weighted by Crippen LogP contribution is -2.29. The second-order valence-electron chi connectivity index (χ2n) is 4.20. The van der Waals surface area contributed by atoms with Crippen LogP contribution in [0.15, 0.2) is 12.3 Å². The first-order valence-electron chi connectivity index (χ1n) is 5.80. The lowest BCUT2D eigenvalue weighted by molar-refractivity contribution is 0.0780. The number of hydrogen-bond donors (Lipinski definition) is 1. The number of nitrogens with zero attached hydrogens (tertiary/aromatic N) is 2. The summed E-state index contributed by atoms with van der Waals surface area (Å²) in [5, 5.41) is 2.80. The Hall–Kier alpha value is -1.65. The normalized spacial score (nSPS) is 14.5. The summed E-state index contributed by atoms with van der Waals surface area (Å²) in [5.41, 5.74) is 0.0883. The van der Waals surface area contributed by atoms with Crippen molar-refractivity contribution in [3.05, 3.63) is 23.6 Å². The fraction of sp³-hybridized carbons (Fsp3) is 0.500. The van der Waals surface area contributed by atoms with Crippen LogP contribution in [0.2, 0.25) is 0 Å². The molecule has 1 fully saturated rings. The Kier molecular flexibility index (Phi) is 3.26. The molecule has 0 spiro atoms. The molecule has 1 amide bonds. The molecule has 92 valence electrons. The molecule has 0 saturated heterocycles. The largest absolute Gasteiger partial charge is 0.368 e. The first-order chi connectivity index (χ1) is 8.15.